The van der Waals surface area contributed by atoms with Gasteiger partial charge in [-0.15, -0.1) is 0 Å². The van der Waals surface area contributed by atoms with E-state index in [0.717, 1.165) is 12.1 Å². The number of rotatable bonds is 4. The van der Waals surface area contributed by atoms with Crippen molar-refractivity contribution in [3.63, 3.8) is 0 Å². The third-order valence-corrected chi connectivity index (χ3v) is 5.35. The summed E-state index contributed by atoms with van der Waals surface area (Å²) in [6.45, 7) is 0. The molecular weight excluding hydrogens is 442 g/mol. The Morgan fingerprint density at radius 3 is 2.79 bits per heavy atom. The minimum absolute atomic E-state index is 0.0632. The summed E-state index contributed by atoms with van der Waals surface area (Å²) in [4.78, 5) is 7.74. The first-order chi connectivity index (χ1) is 13.3. The molecule has 0 radical (unpaired) electrons. The van der Waals surface area contributed by atoms with E-state index in [0.29, 0.717) is 10.9 Å². The van der Waals surface area contributed by atoms with Crippen LogP contribution in [-0.4, -0.2) is 23.5 Å². The molecule has 1 aromatic carbocycles. The Morgan fingerprint density at radius 1 is 1.32 bits per heavy atom. The van der Waals surface area contributed by atoms with Crippen molar-refractivity contribution in [2.75, 3.05) is 0 Å². The molecule has 1 fully saturated rings. The number of pyridine rings is 1. The molecule has 0 amide bonds. The number of hydrogen-bond acceptors (Lipinski definition) is 4. The van der Waals surface area contributed by atoms with Crippen LogP contribution in [-0.2, 0) is 10.3 Å². The van der Waals surface area contributed by atoms with Crippen LogP contribution in [0.15, 0.2) is 46.0 Å². The lowest BCUT2D eigenvalue weighted by atomic mass is 9.84. The van der Waals surface area contributed by atoms with E-state index in [-0.39, 0.29) is 16.8 Å². The number of fused-ring (bicyclic) bond motifs is 1. The highest BCUT2D eigenvalue weighted by molar-refractivity contribution is 9.10. The molecule has 2 heterocycles. The van der Waals surface area contributed by atoms with Crippen LogP contribution in [0.3, 0.4) is 0 Å². The molecule has 0 spiro atoms. The Balaban J connectivity index is 1.78. The average Bonchev–Trinajstić information content (AvgIpc) is 3.42. The molecule has 0 bridgehead atoms. The van der Waals surface area contributed by atoms with Crippen molar-refractivity contribution in [3.8, 4) is 0 Å². The maximum atomic E-state index is 14.6. The van der Waals surface area contributed by atoms with E-state index in [9.17, 15) is 17.6 Å². The molecule has 28 heavy (non-hydrogen) atoms. The van der Waals surface area contributed by atoms with Gasteiger partial charge in [-0.05, 0) is 58.3 Å². The van der Waals surface area contributed by atoms with Crippen LogP contribution < -0.4 is 5.73 Å². The number of ether oxygens (including phenoxy) is 1. The van der Waals surface area contributed by atoms with Gasteiger partial charge in [0.2, 0.25) is 0 Å². The summed E-state index contributed by atoms with van der Waals surface area (Å²) in [5.41, 5.74) is 3.34. The number of aliphatic imine (C=N–C) groups is 1. The molecule has 2 aromatic rings. The Morgan fingerprint density at radius 2 is 2.11 bits per heavy atom. The Labute approximate surface area is 166 Å². The molecule has 1 aromatic heterocycles. The van der Waals surface area contributed by atoms with Gasteiger partial charge in [0.25, 0.3) is 12.4 Å². The van der Waals surface area contributed by atoms with Gasteiger partial charge >= 0.3 is 0 Å². The fourth-order valence-electron chi connectivity index (χ4n) is 3.48. The number of aromatic nitrogens is 1. The highest BCUT2D eigenvalue weighted by atomic mass is 79.9. The monoisotopic (exact) mass is 455 g/mol. The van der Waals surface area contributed by atoms with E-state index in [1.54, 1.807) is 6.07 Å². The number of halogens is 5. The Kier molecular flexibility index (Phi) is 4.65. The van der Waals surface area contributed by atoms with Crippen molar-refractivity contribution in [3.05, 3.63) is 63.6 Å². The van der Waals surface area contributed by atoms with Crippen LogP contribution in [0.5, 0.6) is 0 Å². The van der Waals surface area contributed by atoms with Gasteiger partial charge in [-0.3, -0.25) is 4.98 Å². The molecule has 1 aliphatic carbocycles. The predicted molar refractivity (Wildman–Crippen MR) is 99.6 cm³/mol. The maximum absolute atomic E-state index is 14.6. The van der Waals surface area contributed by atoms with Crippen molar-refractivity contribution in [2.24, 2.45) is 16.6 Å². The van der Waals surface area contributed by atoms with Gasteiger partial charge < -0.3 is 10.5 Å². The lowest BCUT2D eigenvalue weighted by Gasteiger charge is -2.33. The second-order valence-corrected chi connectivity index (χ2v) is 7.58. The van der Waals surface area contributed by atoms with E-state index in [2.05, 4.69) is 25.9 Å². The SMILES string of the molecule is NC1=N[C@](c2cc(/C=C(\F)c3ccc(Br)cn3)ccc2F)(C(F)F)[C@H]2C[C@H]2O1. The van der Waals surface area contributed by atoms with Gasteiger partial charge in [0.15, 0.2) is 5.54 Å². The van der Waals surface area contributed by atoms with Crippen molar-refractivity contribution in [2.45, 2.75) is 24.5 Å². The second kappa shape index (κ2) is 6.88. The Bertz CT molecular complexity index is 980. The van der Waals surface area contributed by atoms with Crippen molar-refractivity contribution >= 4 is 33.9 Å². The summed E-state index contributed by atoms with van der Waals surface area (Å²) in [7, 11) is 0. The summed E-state index contributed by atoms with van der Waals surface area (Å²) in [5, 5.41) is 0. The quantitative estimate of drug-likeness (QED) is 0.682. The third kappa shape index (κ3) is 3.17. The van der Waals surface area contributed by atoms with Crippen LogP contribution in [0.1, 0.15) is 23.2 Å². The van der Waals surface area contributed by atoms with Crippen LogP contribution >= 0.6 is 15.9 Å². The van der Waals surface area contributed by atoms with E-state index < -0.39 is 41.7 Å². The standard InChI is InChI=1S/C19H14BrF4N3O/c20-10-2-4-15(26-8-10)14(22)6-9-1-3-13(21)11(5-9)19(17(23)24)12-7-16(12)28-18(25)27-19/h1-6,8,12,16-17H,7H2,(H2,25,27)/b14-6-/t12-,16+,19-/m0/s1. The number of amidine groups is 1. The van der Waals surface area contributed by atoms with Crippen molar-refractivity contribution < 1.29 is 22.3 Å². The molecule has 1 aliphatic heterocycles. The summed E-state index contributed by atoms with van der Waals surface area (Å²) in [6, 6.07) is 6.17. The zero-order valence-corrected chi connectivity index (χ0v) is 15.8. The zero-order valence-electron chi connectivity index (χ0n) is 14.3. The molecule has 2 N–H and O–H groups in total. The first-order valence-corrected chi connectivity index (χ1v) is 9.20. The van der Waals surface area contributed by atoms with Crippen molar-refractivity contribution in [1.82, 2.24) is 4.98 Å². The van der Waals surface area contributed by atoms with Crippen LogP contribution in [0.4, 0.5) is 17.6 Å². The third-order valence-electron chi connectivity index (χ3n) is 4.88. The molecule has 9 heteroatoms. The summed E-state index contributed by atoms with van der Waals surface area (Å²) < 4.78 is 63.1. The normalized spacial score (nSPS) is 26.5. The molecule has 0 unspecified atom stereocenters. The average molecular weight is 456 g/mol. The van der Waals surface area contributed by atoms with Crippen LogP contribution in [0.25, 0.3) is 11.9 Å². The summed E-state index contributed by atoms with van der Waals surface area (Å²) in [6.07, 6.45) is -0.692. The van der Waals surface area contributed by atoms with Gasteiger partial charge in [-0.25, -0.2) is 22.6 Å². The highest BCUT2D eigenvalue weighted by Crippen LogP contribution is 2.56. The topological polar surface area (TPSA) is 60.5 Å². The van der Waals surface area contributed by atoms with Gasteiger partial charge in [-0.2, -0.15) is 0 Å². The minimum Gasteiger partial charge on any atom is -0.462 e. The first kappa shape index (κ1) is 18.9. The summed E-state index contributed by atoms with van der Waals surface area (Å²) in [5.74, 6) is -2.23. The lowest BCUT2D eigenvalue weighted by Crippen LogP contribution is -2.43. The molecule has 4 rings (SSSR count). The van der Waals surface area contributed by atoms with E-state index >= 15 is 0 Å². The number of alkyl halides is 2. The number of nitrogens with zero attached hydrogens (tertiary/aromatic N) is 2. The van der Waals surface area contributed by atoms with Gasteiger partial charge in [0, 0.05) is 22.2 Å². The maximum Gasteiger partial charge on any atom is 0.283 e. The minimum atomic E-state index is -3.00. The van der Waals surface area contributed by atoms with Crippen LogP contribution in [0, 0.1) is 11.7 Å². The van der Waals surface area contributed by atoms with E-state index in [4.69, 9.17) is 10.5 Å². The van der Waals surface area contributed by atoms with E-state index in [1.807, 2.05) is 0 Å². The molecule has 2 aliphatic rings. The largest absolute Gasteiger partial charge is 0.462 e. The molecule has 146 valence electrons. The van der Waals surface area contributed by atoms with Gasteiger partial charge in [0.1, 0.15) is 17.7 Å². The fourth-order valence-corrected chi connectivity index (χ4v) is 3.71. The predicted octanol–water partition coefficient (Wildman–Crippen LogP) is 4.64. The molecule has 1 saturated carbocycles. The van der Waals surface area contributed by atoms with E-state index in [1.165, 1.54) is 24.4 Å². The zero-order chi connectivity index (χ0) is 20.1. The van der Waals surface area contributed by atoms with Crippen LogP contribution in [0.2, 0.25) is 0 Å². The molecule has 3 atom stereocenters. The molecular formula is C19H14BrF4N3O. The lowest BCUT2D eigenvalue weighted by molar-refractivity contribution is 0.0176. The Hall–Kier alpha value is -2.42. The number of hydrogen-bond donors (Lipinski definition) is 1. The van der Waals surface area contributed by atoms with Gasteiger partial charge in [-0.1, -0.05) is 6.07 Å². The molecule has 4 nitrogen and oxygen atoms in total. The fraction of sp³-hybridized carbons (Fsp3) is 0.263. The smallest absolute Gasteiger partial charge is 0.283 e. The molecule has 0 saturated heterocycles. The first-order valence-electron chi connectivity index (χ1n) is 8.40. The highest BCUT2D eigenvalue weighted by Gasteiger charge is 2.64. The summed E-state index contributed by atoms with van der Waals surface area (Å²) >= 11 is 3.21. The van der Waals surface area contributed by atoms with Gasteiger partial charge in [0.05, 0.1) is 5.69 Å². The number of nitrogens with two attached hydrogens (primary N) is 1. The van der Waals surface area contributed by atoms with Crippen molar-refractivity contribution in [1.29, 1.82) is 0 Å². The number of benzene rings is 1. The second-order valence-electron chi connectivity index (χ2n) is 6.67.